The molecule has 0 spiro atoms. The van der Waals surface area contributed by atoms with Gasteiger partial charge in [0.15, 0.2) is 0 Å². The first kappa shape index (κ1) is 9.85. The van der Waals surface area contributed by atoms with Crippen LogP contribution in [0.2, 0.25) is 0 Å². The second kappa shape index (κ2) is 3.91. The number of benzene rings is 1. The van der Waals surface area contributed by atoms with Gasteiger partial charge < -0.3 is 10.2 Å². The van der Waals surface area contributed by atoms with Crippen LogP contribution in [-0.2, 0) is 17.9 Å². The summed E-state index contributed by atoms with van der Waals surface area (Å²) in [6.07, 6.45) is 0.992. The molecule has 1 atom stereocenters. The van der Waals surface area contributed by atoms with E-state index < -0.39 is 0 Å². The fraction of sp³-hybridized carbons (Fsp3) is 0.462. The average Bonchev–Trinajstić information content (AvgIpc) is 2.97. The van der Waals surface area contributed by atoms with Crippen molar-refractivity contribution < 1.29 is 4.79 Å². The topological polar surface area (TPSA) is 32.3 Å². The van der Waals surface area contributed by atoms with E-state index in [4.69, 9.17) is 0 Å². The maximum atomic E-state index is 12.2. The Hall–Kier alpha value is -1.35. The molecule has 3 nitrogen and oxygen atoms in total. The highest BCUT2D eigenvalue weighted by Gasteiger charge is 2.30. The van der Waals surface area contributed by atoms with E-state index in [1.807, 2.05) is 17.0 Å². The lowest BCUT2D eigenvalue weighted by atomic mass is 10.1. The van der Waals surface area contributed by atoms with Crippen LogP contribution in [0.25, 0.3) is 0 Å². The number of nitrogens with zero attached hydrogens (tertiary/aromatic N) is 1. The average molecular weight is 216 g/mol. The quantitative estimate of drug-likeness (QED) is 0.763. The molecule has 3 heteroatoms. The van der Waals surface area contributed by atoms with Crippen molar-refractivity contribution in [2.75, 3.05) is 13.1 Å². The van der Waals surface area contributed by atoms with Gasteiger partial charge in [-0.15, -0.1) is 0 Å². The first-order chi connectivity index (χ1) is 7.84. The van der Waals surface area contributed by atoms with Crippen molar-refractivity contribution in [3.05, 3.63) is 35.4 Å². The maximum Gasteiger partial charge on any atom is 0.227 e. The van der Waals surface area contributed by atoms with Crippen molar-refractivity contribution in [3.8, 4) is 0 Å². The Labute approximate surface area is 95.4 Å². The lowest BCUT2D eigenvalue weighted by molar-refractivity contribution is -0.135. The molecule has 0 bridgehead atoms. The molecule has 1 fully saturated rings. The van der Waals surface area contributed by atoms with Gasteiger partial charge in [0.1, 0.15) is 0 Å². The molecule has 1 saturated heterocycles. The van der Waals surface area contributed by atoms with Crippen molar-refractivity contribution in [2.45, 2.75) is 19.5 Å². The van der Waals surface area contributed by atoms with Gasteiger partial charge in [-0.2, -0.15) is 0 Å². The molecular weight excluding hydrogens is 200 g/mol. The zero-order valence-electron chi connectivity index (χ0n) is 9.28. The summed E-state index contributed by atoms with van der Waals surface area (Å²) in [6, 6.07) is 8.33. The molecule has 2 heterocycles. The Balaban J connectivity index is 1.73. The summed E-state index contributed by atoms with van der Waals surface area (Å²) in [7, 11) is 0. The van der Waals surface area contributed by atoms with E-state index in [1.54, 1.807) is 0 Å². The second-order valence-electron chi connectivity index (χ2n) is 4.65. The number of carbonyl (C=O) groups excluding carboxylic acids is 1. The summed E-state index contributed by atoms with van der Waals surface area (Å²) in [4.78, 5) is 14.2. The van der Waals surface area contributed by atoms with Gasteiger partial charge in [0.05, 0.1) is 5.92 Å². The molecule has 0 unspecified atom stereocenters. The minimum Gasteiger partial charge on any atom is -0.334 e. The van der Waals surface area contributed by atoms with Crippen molar-refractivity contribution >= 4 is 5.91 Å². The molecule has 0 aliphatic carbocycles. The summed E-state index contributed by atoms with van der Waals surface area (Å²) in [5.41, 5.74) is 2.61. The zero-order valence-corrected chi connectivity index (χ0v) is 9.28. The fourth-order valence-corrected chi connectivity index (χ4v) is 2.61. The molecule has 2 aliphatic rings. The van der Waals surface area contributed by atoms with Crippen LogP contribution < -0.4 is 5.32 Å². The third-order valence-electron chi connectivity index (χ3n) is 3.56. The Kier molecular flexibility index (Phi) is 2.40. The maximum absolute atomic E-state index is 12.2. The standard InChI is InChI=1S/C13H16N2O/c16-13(10-5-6-14-7-10)15-8-11-3-1-2-4-12(11)9-15/h1-4,10,14H,5-9H2/t10-/m0/s1. The van der Waals surface area contributed by atoms with Crippen LogP contribution >= 0.6 is 0 Å². The second-order valence-corrected chi connectivity index (χ2v) is 4.65. The number of amides is 1. The first-order valence-electron chi connectivity index (χ1n) is 5.91. The number of nitrogens with one attached hydrogen (secondary N) is 1. The highest BCUT2D eigenvalue weighted by Crippen LogP contribution is 2.24. The van der Waals surface area contributed by atoms with Gasteiger partial charge in [-0.1, -0.05) is 24.3 Å². The van der Waals surface area contributed by atoms with Gasteiger partial charge in [0.2, 0.25) is 5.91 Å². The van der Waals surface area contributed by atoms with Gasteiger partial charge in [0, 0.05) is 19.6 Å². The Morgan fingerprint density at radius 3 is 2.50 bits per heavy atom. The molecule has 0 aromatic heterocycles. The van der Waals surface area contributed by atoms with Crippen LogP contribution in [0.15, 0.2) is 24.3 Å². The van der Waals surface area contributed by atoms with Crippen molar-refractivity contribution in [1.29, 1.82) is 0 Å². The van der Waals surface area contributed by atoms with Gasteiger partial charge in [-0.05, 0) is 24.1 Å². The van der Waals surface area contributed by atoms with Crippen LogP contribution in [0, 0.1) is 5.92 Å². The predicted molar refractivity (Wildman–Crippen MR) is 61.7 cm³/mol. The fourth-order valence-electron chi connectivity index (χ4n) is 2.61. The minimum absolute atomic E-state index is 0.203. The molecular formula is C13H16N2O. The number of hydrogen-bond acceptors (Lipinski definition) is 2. The Morgan fingerprint density at radius 1 is 1.25 bits per heavy atom. The monoisotopic (exact) mass is 216 g/mol. The van der Waals surface area contributed by atoms with Crippen LogP contribution in [-0.4, -0.2) is 23.9 Å². The Bertz CT molecular complexity index is 385. The lowest BCUT2D eigenvalue weighted by Crippen LogP contribution is -2.33. The van der Waals surface area contributed by atoms with E-state index in [0.29, 0.717) is 5.91 Å². The van der Waals surface area contributed by atoms with Gasteiger partial charge in [-0.3, -0.25) is 4.79 Å². The SMILES string of the molecule is O=C([C@H]1CCNC1)N1Cc2ccccc2C1. The molecule has 3 rings (SSSR count). The number of carbonyl (C=O) groups is 1. The molecule has 2 aliphatic heterocycles. The zero-order chi connectivity index (χ0) is 11.0. The molecule has 1 N–H and O–H groups in total. The van der Waals surface area contributed by atoms with E-state index in [2.05, 4.69) is 17.4 Å². The molecule has 1 aromatic carbocycles. The number of hydrogen-bond donors (Lipinski definition) is 1. The lowest BCUT2D eigenvalue weighted by Gasteiger charge is -2.19. The highest BCUT2D eigenvalue weighted by molar-refractivity contribution is 5.80. The van der Waals surface area contributed by atoms with Crippen LogP contribution in [0.1, 0.15) is 17.5 Å². The molecule has 1 aromatic rings. The summed E-state index contributed by atoms with van der Waals surface area (Å²) in [6.45, 7) is 3.43. The van der Waals surface area contributed by atoms with E-state index >= 15 is 0 Å². The third-order valence-corrected chi connectivity index (χ3v) is 3.56. The molecule has 16 heavy (non-hydrogen) atoms. The summed E-state index contributed by atoms with van der Waals surface area (Å²) >= 11 is 0. The normalized spacial score (nSPS) is 23.5. The minimum atomic E-state index is 0.203. The first-order valence-corrected chi connectivity index (χ1v) is 5.91. The van der Waals surface area contributed by atoms with E-state index in [9.17, 15) is 4.79 Å². The summed E-state index contributed by atoms with van der Waals surface area (Å²) in [5, 5.41) is 3.25. The van der Waals surface area contributed by atoms with Gasteiger partial charge in [-0.25, -0.2) is 0 Å². The summed E-state index contributed by atoms with van der Waals surface area (Å²) < 4.78 is 0. The van der Waals surface area contributed by atoms with Crippen LogP contribution in [0.3, 0.4) is 0 Å². The van der Waals surface area contributed by atoms with Crippen LogP contribution in [0.4, 0.5) is 0 Å². The van der Waals surface area contributed by atoms with E-state index in [0.717, 1.165) is 32.6 Å². The molecule has 84 valence electrons. The smallest absolute Gasteiger partial charge is 0.227 e. The van der Waals surface area contributed by atoms with Gasteiger partial charge >= 0.3 is 0 Å². The molecule has 0 radical (unpaired) electrons. The van der Waals surface area contributed by atoms with Gasteiger partial charge in [0.25, 0.3) is 0 Å². The largest absolute Gasteiger partial charge is 0.334 e. The summed E-state index contributed by atoms with van der Waals surface area (Å²) in [5.74, 6) is 0.524. The van der Waals surface area contributed by atoms with Crippen LogP contribution in [0.5, 0.6) is 0 Å². The number of rotatable bonds is 1. The highest BCUT2D eigenvalue weighted by atomic mass is 16.2. The van der Waals surface area contributed by atoms with Crippen molar-refractivity contribution in [1.82, 2.24) is 10.2 Å². The molecule has 0 saturated carbocycles. The van der Waals surface area contributed by atoms with E-state index in [1.165, 1.54) is 11.1 Å². The Morgan fingerprint density at radius 2 is 1.94 bits per heavy atom. The van der Waals surface area contributed by atoms with E-state index in [-0.39, 0.29) is 5.92 Å². The molecule has 1 amide bonds. The predicted octanol–water partition coefficient (Wildman–Crippen LogP) is 1.14. The third kappa shape index (κ3) is 1.61. The number of fused-ring (bicyclic) bond motifs is 1. The van der Waals surface area contributed by atoms with Crippen molar-refractivity contribution in [3.63, 3.8) is 0 Å². The van der Waals surface area contributed by atoms with Crippen molar-refractivity contribution in [2.24, 2.45) is 5.92 Å².